The second-order valence-electron chi connectivity index (χ2n) is 5.28. The van der Waals surface area contributed by atoms with Crippen LogP contribution in [0.3, 0.4) is 0 Å². The van der Waals surface area contributed by atoms with Crippen LogP contribution in [0.25, 0.3) is 0 Å². The van der Waals surface area contributed by atoms with Crippen molar-refractivity contribution in [2.24, 2.45) is 5.92 Å². The summed E-state index contributed by atoms with van der Waals surface area (Å²) in [5, 5.41) is 14.0. The second kappa shape index (κ2) is 11.8. The molecule has 0 rings (SSSR count). The first kappa shape index (κ1) is 17.7. The molecular weight excluding hydrogens is 244 g/mol. The zero-order chi connectivity index (χ0) is 14.5. The van der Waals surface area contributed by atoms with Gasteiger partial charge in [-0.3, -0.25) is 4.79 Å². The molecule has 5 heteroatoms. The van der Waals surface area contributed by atoms with E-state index in [1.807, 2.05) is 0 Å². The Kier molecular flexibility index (Phi) is 11.0. The van der Waals surface area contributed by atoms with Crippen molar-refractivity contribution in [3.63, 3.8) is 0 Å². The molecule has 19 heavy (non-hydrogen) atoms. The number of urea groups is 1. The van der Waals surface area contributed by atoms with Crippen molar-refractivity contribution in [2.75, 3.05) is 13.1 Å². The predicted octanol–water partition coefficient (Wildman–Crippen LogP) is 2.76. The summed E-state index contributed by atoms with van der Waals surface area (Å²) >= 11 is 0. The maximum Gasteiger partial charge on any atom is 0.314 e. The van der Waals surface area contributed by atoms with Gasteiger partial charge in [0.05, 0.1) is 0 Å². The topological polar surface area (TPSA) is 78.4 Å². The largest absolute Gasteiger partial charge is 0.481 e. The third-order valence-corrected chi connectivity index (χ3v) is 2.85. The Morgan fingerprint density at radius 1 is 0.947 bits per heavy atom. The zero-order valence-electron chi connectivity index (χ0n) is 12.2. The van der Waals surface area contributed by atoms with E-state index in [-0.39, 0.29) is 12.5 Å². The highest BCUT2D eigenvalue weighted by molar-refractivity contribution is 5.73. The van der Waals surface area contributed by atoms with Gasteiger partial charge in [0, 0.05) is 19.5 Å². The van der Waals surface area contributed by atoms with E-state index in [0.29, 0.717) is 13.0 Å². The fourth-order valence-corrected chi connectivity index (χ4v) is 1.72. The number of nitrogens with one attached hydrogen (secondary N) is 2. The first-order valence-electron chi connectivity index (χ1n) is 7.26. The average molecular weight is 272 g/mol. The number of hydrogen-bond acceptors (Lipinski definition) is 2. The summed E-state index contributed by atoms with van der Waals surface area (Å²) in [4.78, 5) is 21.6. The van der Waals surface area contributed by atoms with Gasteiger partial charge in [0.15, 0.2) is 0 Å². The molecule has 0 spiro atoms. The van der Waals surface area contributed by atoms with E-state index in [1.54, 1.807) is 0 Å². The Balaban J connectivity index is 3.23. The maximum atomic E-state index is 11.4. The molecule has 0 atom stereocenters. The Morgan fingerprint density at radius 3 is 2.05 bits per heavy atom. The number of unbranched alkanes of at least 4 members (excludes halogenated alkanes) is 3. The van der Waals surface area contributed by atoms with Crippen molar-refractivity contribution >= 4 is 12.0 Å². The summed E-state index contributed by atoms with van der Waals surface area (Å²) in [5.74, 6) is -0.0354. The molecule has 112 valence electrons. The van der Waals surface area contributed by atoms with Gasteiger partial charge in [-0.2, -0.15) is 0 Å². The van der Waals surface area contributed by atoms with Crippen LogP contribution in [0.2, 0.25) is 0 Å². The molecule has 0 unspecified atom stereocenters. The molecule has 0 fully saturated rings. The lowest BCUT2D eigenvalue weighted by Crippen LogP contribution is -2.36. The van der Waals surface area contributed by atoms with E-state index < -0.39 is 5.97 Å². The molecule has 0 heterocycles. The predicted molar refractivity (Wildman–Crippen MR) is 76.2 cm³/mol. The Bertz CT molecular complexity index is 255. The molecule has 0 saturated carbocycles. The number of hydrogen-bond donors (Lipinski definition) is 3. The summed E-state index contributed by atoms with van der Waals surface area (Å²) in [5.41, 5.74) is 0. The molecule has 0 aliphatic carbocycles. The molecule has 3 N–H and O–H groups in total. The van der Waals surface area contributed by atoms with Crippen LogP contribution in [-0.2, 0) is 4.79 Å². The molecule has 0 aliphatic rings. The van der Waals surface area contributed by atoms with Crippen molar-refractivity contribution in [1.29, 1.82) is 0 Å². The average Bonchev–Trinajstić information content (AvgIpc) is 2.32. The van der Waals surface area contributed by atoms with Gasteiger partial charge in [0.1, 0.15) is 0 Å². The lowest BCUT2D eigenvalue weighted by atomic mass is 10.1. The summed E-state index contributed by atoms with van der Waals surface area (Å²) in [6, 6.07) is -0.122. The molecule has 5 nitrogen and oxygen atoms in total. The molecule has 0 aliphatic heterocycles. The van der Waals surface area contributed by atoms with Gasteiger partial charge in [-0.05, 0) is 25.2 Å². The standard InChI is InChI=1S/C14H28N2O3/c1-12(2)8-5-7-11-16-14(19)15-10-6-3-4-9-13(17)18/h12H,3-11H2,1-2H3,(H,17,18)(H2,15,16,19). The van der Waals surface area contributed by atoms with Crippen LogP contribution in [0.1, 0.15) is 58.8 Å². The first-order valence-corrected chi connectivity index (χ1v) is 7.26. The van der Waals surface area contributed by atoms with Gasteiger partial charge in [0.25, 0.3) is 0 Å². The van der Waals surface area contributed by atoms with E-state index >= 15 is 0 Å². The van der Waals surface area contributed by atoms with Crippen molar-refractivity contribution < 1.29 is 14.7 Å². The highest BCUT2D eigenvalue weighted by atomic mass is 16.4. The lowest BCUT2D eigenvalue weighted by Gasteiger charge is -2.08. The summed E-state index contributed by atoms with van der Waals surface area (Å²) in [6.45, 7) is 5.73. The first-order chi connectivity index (χ1) is 9.02. The molecule has 0 aromatic carbocycles. The van der Waals surface area contributed by atoms with Gasteiger partial charge in [-0.25, -0.2) is 4.79 Å². The SMILES string of the molecule is CC(C)CCCCNC(=O)NCCCCCC(=O)O. The van der Waals surface area contributed by atoms with E-state index in [0.717, 1.165) is 38.1 Å². The number of aliphatic carboxylic acids is 1. The van der Waals surface area contributed by atoms with Crippen molar-refractivity contribution in [2.45, 2.75) is 58.8 Å². The van der Waals surface area contributed by atoms with Crippen molar-refractivity contribution in [3.8, 4) is 0 Å². The second-order valence-corrected chi connectivity index (χ2v) is 5.28. The van der Waals surface area contributed by atoms with Crippen LogP contribution in [0, 0.1) is 5.92 Å². The van der Waals surface area contributed by atoms with Crippen LogP contribution in [0.5, 0.6) is 0 Å². The minimum absolute atomic E-state index is 0.122. The van der Waals surface area contributed by atoms with E-state index in [1.165, 1.54) is 6.42 Å². The number of carboxylic acids is 1. The van der Waals surface area contributed by atoms with E-state index in [9.17, 15) is 9.59 Å². The van der Waals surface area contributed by atoms with Crippen molar-refractivity contribution in [3.05, 3.63) is 0 Å². The van der Waals surface area contributed by atoms with Gasteiger partial charge in [-0.1, -0.05) is 33.1 Å². The fraction of sp³-hybridized carbons (Fsp3) is 0.857. The zero-order valence-corrected chi connectivity index (χ0v) is 12.2. The third-order valence-electron chi connectivity index (χ3n) is 2.85. The minimum atomic E-state index is -0.757. The van der Waals surface area contributed by atoms with Crippen LogP contribution < -0.4 is 10.6 Å². The molecule has 0 saturated heterocycles. The van der Waals surface area contributed by atoms with Gasteiger partial charge < -0.3 is 15.7 Å². The van der Waals surface area contributed by atoms with Crippen LogP contribution in [0.15, 0.2) is 0 Å². The molecule has 0 radical (unpaired) electrons. The summed E-state index contributed by atoms with van der Waals surface area (Å²) < 4.78 is 0. The number of rotatable bonds is 11. The Hall–Kier alpha value is -1.26. The third kappa shape index (κ3) is 14.7. The van der Waals surface area contributed by atoms with E-state index in [4.69, 9.17) is 5.11 Å². The Morgan fingerprint density at radius 2 is 1.53 bits per heavy atom. The van der Waals surface area contributed by atoms with Crippen LogP contribution in [-0.4, -0.2) is 30.2 Å². The van der Waals surface area contributed by atoms with Crippen LogP contribution >= 0.6 is 0 Å². The van der Waals surface area contributed by atoms with Crippen LogP contribution in [0.4, 0.5) is 4.79 Å². The lowest BCUT2D eigenvalue weighted by molar-refractivity contribution is -0.137. The highest BCUT2D eigenvalue weighted by Crippen LogP contribution is 2.04. The van der Waals surface area contributed by atoms with Gasteiger partial charge in [0.2, 0.25) is 0 Å². The molecule has 0 bridgehead atoms. The molecule has 0 aromatic rings. The summed E-state index contributed by atoms with van der Waals surface area (Å²) in [6.07, 6.45) is 5.91. The fourth-order valence-electron chi connectivity index (χ4n) is 1.72. The van der Waals surface area contributed by atoms with Crippen molar-refractivity contribution in [1.82, 2.24) is 10.6 Å². The maximum absolute atomic E-state index is 11.4. The Labute approximate surface area is 116 Å². The van der Waals surface area contributed by atoms with Gasteiger partial charge in [-0.15, -0.1) is 0 Å². The smallest absolute Gasteiger partial charge is 0.314 e. The minimum Gasteiger partial charge on any atom is -0.481 e. The number of carboxylic acid groups (broad SMARTS) is 1. The van der Waals surface area contributed by atoms with Gasteiger partial charge >= 0.3 is 12.0 Å². The number of amides is 2. The molecule has 2 amide bonds. The summed E-state index contributed by atoms with van der Waals surface area (Å²) in [7, 11) is 0. The molecule has 0 aromatic heterocycles. The number of carbonyl (C=O) groups is 2. The molecular formula is C14H28N2O3. The quantitative estimate of drug-likeness (QED) is 0.506. The van der Waals surface area contributed by atoms with E-state index in [2.05, 4.69) is 24.5 Å². The monoisotopic (exact) mass is 272 g/mol. The number of carbonyl (C=O) groups excluding carboxylic acids is 1. The normalized spacial score (nSPS) is 10.5. The highest BCUT2D eigenvalue weighted by Gasteiger charge is 2.00.